The van der Waals surface area contributed by atoms with Crippen molar-refractivity contribution >= 4 is 5.69 Å². The molecule has 0 radical (unpaired) electrons. The summed E-state index contributed by atoms with van der Waals surface area (Å²) in [6.07, 6.45) is 0. The summed E-state index contributed by atoms with van der Waals surface area (Å²) in [5.74, 6) is 0.828. The van der Waals surface area contributed by atoms with E-state index in [1.54, 1.807) is 0 Å². The zero-order valence-electron chi connectivity index (χ0n) is 8.81. The highest BCUT2D eigenvalue weighted by molar-refractivity contribution is 5.48. The van der Waals surface area contributed by atoms with E-state index >= 15 is 0 Å². The van der Waals surface area contributed by atoms with Gasteiger partial charge in [-0.2, -0.15) is 0 Å². The average molecular weight is 209 g/mol. The van der Waals surface area contributed by atoms with Crippen molar-refractivity contribution < 1.29 is 4.74 Å². The van der Waals surface area contributed by atoms with Crippen molar-refractivity contribution in [3.8, 4) is 5.75 Å². The zero-order valence-corrected chi connectivity index (χ0v) is 8.81. The molecule has 2 aromatic rings. The molecule has 0 amide bonds. The van der Waals surface area contributed by atoms with E-state index in [0.717, 1.165) is 17.9 Å². The molecule has 2 heteroatoms. The maximum atomic E-state index is 5.63. The van der Waals surface area contributed by atoms with Crippen molar-refractivity contribution in [3.63, 3.8) is 0 Å². The fourth-order valence-corrected chi connectivity index (χ4v) is 1.86. The molecule has 0 fully saturated rings. The molecule has 2 aromatic carbocycles. The van der Waals surface area contributed by atoms with Crippen molar-refractivity contribution in [2.75, 3.05) is 11.6 Å². The molecule has 0 spiro atoms. The number of anilines is 1. The van der Waals surface area contributed by atoms with Crippen LogP contribution in [0.3, 0.4) is 0 Å². The Morgan fingerprint density at radius 2 is 2.00 bits per heavy atom. The van der Waals surface area contributed by atoms with Crippen LogP contribution in [0.5, 0.6) is 5.75 Å². The molecule has 0 bridgehead atoms. The summed E-state index contributed by atoms with van der Waals surface area (Å²) < 4.78 is 5.63. The predicted octanol–water partition coefficient (Wildman–Crippen LogP) is 2.64. The second kappa shape index (κ2) is 3.79. The molecule has 0 atom stereocenters. The second-order valence-electron chi connectivity index (χ2n) is 3.76. The van der Waals surface area contributed by atoms with Gasteiger partial charge in [-0.25, -0.2) is 0 Å². The Morgan fingerprint density at radius 3 is 2.88 bits per heavy atom. The van der Waals surface area contributed by atoms with Crippen LogP contribution in [0.25, 0.3) is 0 Å². The molecule has 0 saturated heterocycles. The third kappa shape index (κ3) is 1.57. The van der Waals surface area contributed by atoms with Gasteiger partial charge in [-0.15, -0.1) is 0 Å². The minimum Gasteiger partial charge on any atom is -0.465 e. The van der Waals surface area contributed by atoms with Crippen LogP contribution in [0.15, 0.2) is 42.5 Å². The summed E-state index contributed by atoms with van der Waals surface area (Å²) in [7, 11) is 0. The maximum Gasteiger partial charge on any atom is 0.177 e. The Labute approximate surface area is 95.1 Å². The number of fused-ring (bicyclic) bond motifs is 1. The van der Waals surface area contributed by atoms with E-state index in [1.165, 1.54) is 5.69 Å². The van der Waals surface area contributed by atoms with E-state index in [1.807, 2.05) is 30.3 Å². The lowest BCUT2D eigenvalue weighted by atomic mass is 10.2. The number of hydrogen-bond donors (Lipinski definition) is 0. The number of ether oxygens (including phenoxy) is 1. The molecule has 0 aromatic heterocycles. The summed E-state index contributed by atoms with van der Waals surface area (Å²) in [5.41, 5.74) is 2.34. The predicted molar refractivity (Wildman–Crippen MR) is 62.2 cm³/mol. The van der Waals surface area contributed by atoms with Crippen LogP contribution in [-0.4, -0.2) is 6.73 Å². The van der Waals surface area contributed by atoms with Crippen LogP contribution in [0.4, 0.5) is 5.69 Å². The maximum absolute atomic E-state index is 5.63. The lowest BCUT2D eigenvalue weighted by Gasteiger charge is -2.29. The van der Waals surface area contributed by atoms with E-state index in [2.05, 4.69) is 29.2 Å². The average Bonchev–Trinajstić information content (AvgIpc) is 2.39. The van der Waals surface area contributed by atoms with Crippen LogP contribution in [0, 0.1) is 12.1 Å². The Kier molecular flexibility index (Phi) is 2.16. The van der Waals surface area contributed by atoms with E-state index in [-0.39, 0.29) is 0 Å². The molecule has 1 aliphatic heterocycles. The monoisotopic (exact) mass is 209 g/mol. The first kappa shape index (κ1) is 9.11. The Bertz CT molecular complexity index is 481. The lowest BCUT2D eigenvalue weighted by Crippen LogP contribution is -2.31. The van der Waals surface area contributed by atoms with Crippen molar-refractivity contribution in [1.82, 2.24) is 0 Å². The Hall–Kier alpha value is -2.14. The van der Waals surface area contributed by atoms with Gasteiger partial charge < -0.3 is 9.64 Å². The highest BCUT2D eigenvalue weighted by atomic mass is 16.5. The summed E-state index contributed by atoms with van der Waals surface area (Å²) in [6, 6.07) is 20.1. The minimum atomic E-state index is 0.575. The van der Waals surface area contributed by atoms with Crippen LogP contribution in [0.2, 0.25) is 0 Å². The number of rotatable bonds is 1. The van der Waals surface area contributed by atoms with E-state index < -0.39 is 0 Å². The fourth-order valence-electron chi connectivity index (χ4n) is 1.86. The van der Waals surface area contributed by atoms with E-state index in [4.69, 9.17) is 4.74 Å². The van der Waals surface area contributed by atoms with Crippen LogP contribution < -0.4 is 9.64 Å². The molecular formula is C14H11NO. The standard InChI is InChI=1S/C14H11NO/c1-2-7-13(8-3-1)15-10-12-6-4-5-9-14(12)16-11-15/h1-4,6-8H,10-11H2. The van der Waals surface area contributed by atoms with Crippen molar-refractivity contribution in [1.29, 1.82) is 0 Å². The van der Waals surface area contributed by atoms with Gasteiger partial charge >= 0.3 is 0 Å². The summed E-state index contributed by atoms with van der Waals surface area (Å²) in [4.78, 5) is 2.19. The SMILES string of the molecule is c1ccc2c(c#1)OCN(c1ccccc1)C2. The quantitative estimate of drug-likeness (QED) is 0.716. The lowest BCUT2D eigenvalue weighted by molar-refractivity contribution is 0.289. The molecule has 78 valence electrons. The molecular weight excluding hydrogens is 198 g/mol. The van der Waals surface area contributed by atoms with Gasteiger partial charge in [0.05, 0.1) is 6.54 Å². The molecule has 0 N–H and O–H groups in total. The molecule has 1 aliphatic rings. The summed E-state index contributed by atoms with van der Waals surface area (Å²) >= 11 is 0. The first-order valence-corrected chi connectivity index (χ1v) is 5.27. The molecule has 1 heterocycles. The molecule has 2 nitrogen and oxygen atoms in total. The highest BCUT2D eigenvalue weighted by Gasteiger charge is 2.16. The van der Waals surface area contributed by atoms with Crippen molar-refractivity contribution in [3.05, 3.63) is 60.2 Å². The third-order valence-corrected chi connectivity index (χ3v) is 2.69. The highest BCUT2D eigenvalue weighted by Crippen LogP contribution is 2.25. The first-order chi connectivity index (χ1) is 7.93. The van der Waals surface area contributed by atoms with E-state index in [0.29, 0.717) is 6.73 Å². The molecule has 0 unspecified atom stereocenters. The molecule has 16 heavy (non-hydrogen) atoms. The topological polar surface area (TPSA) is 12.5 Å². The van der Waals surface area contributed by atoms with Crippen molar-refractivity contribution in [2.45, 2.75) is 6.54 Å². The number of benzene rings is 1. The van der Waals surface area contributed by atoms with Crippen LogP contribution >= 0.6 is 0 Å². The van der Waals surface area contributed by atoms with Crippen molar-refractivity contribution in [2.24, 2.45) is 0 Å². The van der Waals surface area contributed by atoms with Gasteiger partial charge in [0.2, 0.25) is 0 Å². The number of hydrogen-bond acceptors (Lipinski definition) is 2. The number of para-hydroxylation sites is 1. The van der Waals surface area contributed by atoms with Gasteiger partial charge in [0.15, 0.2) is 12.5 Å². The van der Waals surface area contributed by atoms with Gasteiger partial charge in [-0.1, -0.05) is 24.3 Å². The summed E-state index contributed by atoms with van der Waals surface area (Å²) in [5, 5.41) is 0. The second-order valence-corrected chi connectivity index (χ2v) is 3.76. The molecule has 3 rings (SSSR count). The Balaban J connectivity index is 1.89. The number of nitrogens with zero attached hydrogens (tertiary/aromatic N) is 1. The fraction of sp³-hybridized carbons (Fsp3) is 0.143. The van der Waals surface area contributed by atoms with Gasteiger partial charge in [0, 0.05) is 11.3 Å². The van der Waals surface area contributed by atoms with Gasteiger partial charge in [0.25, 0.3) is 0 Å². The molecule has 0 aliphatic carbocycles. The normalized spacial score (nSPS) is 13.6. The van der Waals surface area contributed by atoms with Gasteiger partial charge in [0.1, 0.15) is 0 Å². The first-order valence-electron chi connectivity index (χ1n) is 5.27. The van der Waals surface area contributed by atoms with E-state index in [9.17, 15) is 0 Å². The minimum absolute atomic E-state index is 0.575. The smallest absolute Gasteiger partial charge is 0.177 e. The zero-order chi connectivity index (χ0) is 10.8. The van der Waals surface area contributed by atoms with Gasteiger partial charge in [-0.3, -0.25) is 0 Å². The largest absolute Gasteiger partial charge is 0.465 e. The van der Waals surface area contributed by atoms with Crippen LogP contribution in [0.1, 0.15) is 5.56 Å². The van der Waals surface area contributed by atoms with Gasteiger partial charge in [-0.05, 0) is 30.3 Å². The summed E-state index contributed by atoms with van der Waals surface area (Å²) in [6.45, 7) is 1.44. The molecule has 0 saturated carbocycles. The van der Waals surface area contributed by atoms with Crippen LogP contribution in [-0.2, 0) is 6.54 Å². The Morgan fingerprint density at radius 1 is 1.12 bits per heavy atom. The third-order valence-electron chi connectivity index (χ3n) is 2.69.